The summed E-state index contributed by atoms with van der Waals surface area (Å²) >= 11 is 0. The Morgan fingerprint density at radius 3 is 1.24 bits per heavy atom. The van der Waals surface area contributed by atoms with Crippen molar-refractivity contribution < 1.29 is 9.59 Å². The van der Waals surface area contributed by atoms with E-state index >= 15 is 0 Å². The summed E-state index contributed by atoms with van der Waals surface area (Å²) in [4.78, 5) is 20.5. The second-order valence-electron chi connectivity index (χ2n) is 3.92. The fraction of sp³-hybridized carbons (Fsp3) is 0. The zero-order valence-corrected chi connectivity index (χ0v) is 10.2. The van der Waals surface area contributed by atoms with Gasteiger partial charge in [-0.2, -0.15) is 0 Å². The summed E-state index contributed by atoms with van der Waals surface area (Å²) in [6, 6.07) is 13.2. The Balaban J connectivity index is 2.41. The van der Waals surface area contributed by atoms with E-state index in [1.165, 1.54) is 0 Å². The number of nitrogen functional groups attached to an aromatic ring is 2. The zero-order valence-electron chi connectivity index (χ0n) is 9.17. The van der Waals surface area contributed by atoms with E-state index in [-0.39, 0.29) is 0 Å². The normalized spacial score (nSPS) is 11.4. The van der Waals surface area contributed by atoms with Gasteiger partial charge in [0.15, 0.2) is 0 Å². The van der Waals surface area contributed by atoms with Crippen molar-refractivity contribution in [1.29, 1.82) is 0 Å². The molecule has 88 valence electrons. The number of hydrogen-bond donors (Lipinski definition) is 4. The molecule has 4 nitrogen and oxygen atoms in total. The first-order chi connectivity index (χ1) is 8.00. The highest BCUT2D eigenvalue weighted by molar-refractivity contribution is 6.90. The van der Waals surface area contributed by atoms with E-state index in [0.717, 1.165) is 0 Å². The summed E-state index contributed by atoms with van der Waals surface area (Å²) in [6.07, 6.45) is 0. The largest absolute Gasteiger partial charge is 0.404 e. The van der Waals surface area contributed by atoms with E-state index in [9.17, 15) is 9.59 Å². The Labute approximate surface area is 100 Å². The Hall–Kier alpha value is -1.82. The highest BCUT2D eigenvalue weighted by atomic mass is 28.4. The molecular formula is C12H14N2O2Si. The van der Waals surface area contributed by atoms with Gasteiger partial charge in [0.1, 0.15) is 0 Å². The van der Waals surface area contributed by atoms with Crippen molar-refractivity contribution in [2.75, 3.05) is 11.5 Å². The molecule has 0 aliphatic carbocycles. The van der Waals surface area contributed by atoms with Gasteiger partial charge < -0.3 is 21.1 Å². The molecule has 6 N–H and O–H groups in total. The van der Waals surface area contributed by atoms with Gasteiger partial charge in [-0.15, -0.1) is 0 Å². The molecule has 0 fully saturated rings. The van der Waals surface area contributed by atoms with Crippen LogP contribution in [0.25, 0.3) is 0 Å². The minimum Gasteiger partial charge on any atom is -0.404 e. The molecule has 0 aliphatic heterocycles. The van der Waals surface area contributed by atoms with Crippen LogP contribution in [-0.2, 0) is 0 Å². The highest BCUT2D eigenvalue weighted by Gasteiger charge is 2.34. The molecule has 0 saturated carbocycles. The number of benzene rings is 2. The van der Waals surface area contributed by atoms with Crippen LogP contribution < -0.4 is 21.8 Å². The Kier molecular flexibility index (Phi) is 2.89. The first-order valence-corrected chi connectivity index (χ1v) is 7.06. The average Bonchev–Trinajstić information content (AvgIpc) is 2.30. The molecule has 0 spiro atoms. The summed E-state index contributed by atoms with van der Waals surface area (Å²) in [5.74, 6) is 0. The van der Waals surface area contributed by atoms with Gasteiger partial charge in [-0.05, 0) is 34.6 Å². The van der Waals surface area contributed by atoms with Crippen molar-refractivity contribution in [2.24, 2.45) is 0 Å². The molecule has 2 aromatic carbocycles. The van der Waals surface area contributed by atoms with Crippen LogP contribution in [0.3, 0.4) is 0 Å². The van der Waals surface area contributed by atoms with Gasteiger partial charge in [0.2, 0.25) is 0 Å². The van der Waals surface area contributed by atoms with Gasteiger partial charge >= 0.3 is 8.56 Å². The molecule has 0 heterocycles. The Bertz CT molecular complexity index is 462. The predicted octanol–water partition coefficient (Wildman–Crippen LogP) is -0.608. The highest BCUT2D eigenvalue weighted by Crippen LogP contribution is 2.04. The standard InChI is InChI=1S/C12H14N2O2Si/c13-9-1-5-11(6-2-9)17(15,16)12-7-3-10(14)4-8-12/h1-8,15-16H,13-14H2. The van der Waals surface area contributed by atoms with Gasteiger partial charge in [0, 0.05) is 11.4 Å². The van der Waals surface area contributed by atoms with Gasteiger partial charge in [-0.1, -0.05) is 24.3 Å². The molecule has 5 heteroatoms. The van der Waals surface area contributed by atoms with Crippen LogP contribution in [0.15, 0.2) is 48.5 Å². The average molecular weight is 246 g/mol. The van der Waals surface area contributed by atoms with Crippen molar-refractivity contribution in [3.05, 3.63) is 48.5 Å². The number of hydrogen-bond acceptors (Lipinski definition) is 4. The van der Waals surface area contributed by atoms with E-state index in [4.69, 9.17) is 11.5 Å². The van der Waals surface area contributed by atoms with Crippen LogP contribution in [0.1, 0.15) is 0 Å². The van der Waals surface area contributed by atoms with Gasteiger partial charge in [-0.25, -0.2) is 0 Å². The third kappa shape index (κ3) is 2.31. The van der Waals surface area contributed by atoms with Crippen molar-refractivity contribution in [1.82, 2.24) is 0 Å². The molecule has 0 unspecified atom stereocenters. The van der Waals surface area contributed by atoms with E-state index in [1.54, 1.807) is 48.5 Å². The quantitative estimate of drug-likeness (QED) is 0.420. The second kappa shape index (κ2) is 4.21. The SMILES string of the molecule is Nc1ccc([Si](O)(O)c2ccc(N)cc2)cc1. The lowest BCUT2D eigenvalue weighted by molar-refractivity contribution is 0.401. The van der Waals surface area contributed by atoms with Crippen molar-refractivity contribution in [3.8, 4) is 0 Å². The summed E-state index contributed by atoms with van der Waals surface area (Å²) < 4.78 is 0. The summed E-state index contributed by atoms with van der Waals surface area (Å²) in [6.45, 7) is 0. The lowest BCUT2D eigenvalue weighted by atomic mass is 10.3. The molecule has 0 atom stereocenters. The smallest absolute Gasteiger partial charge is 0.401 e. The van der Waals surface area contributed by atoms with Crippen molar-refractivity contribution in [2.45, 2.75) is 0 Å². The van der Waals surface area contributed by atoms with E-state index < -0.39 is 8.56 Å². The number of rotatable bonds is 2. The molecule has 0 radical (unpaired) electrons. The van der Waals surface area contributed by atoms with Crippen LogP contribution in [0.4, 0.5) is 11.4 Å². The minimum atomic E-state index is -3.61. The fourth-order valence-corrected chi connectivity index (χ4v) is 3.19. The van der Waals surface area contributed by atoms with Gasteiger partial charge in [-0.3, -0.25) is 0 Å². The second-order valence-corrected chi connectivity index (χ2v) is 6.42. The summed E-state index contributed by atoms with van der Waals surface area (Å²) in [5.41, 5.74) is 12.3. The molecule has 0 aliphatic rings. The van der Waals surface area contributed by atoms with E-state index in [2.05, 4.69) is 0 Å². The van der Waals surface area contributed by atoms with Crippen LogP contribution in [-0.4, -0.2) is 18.2 Å². The molecule has 0 aromatic heterocycles. The molecule has 17 heavy (non-hydrogen) atoms. The number of anilines is 2. The molecule has 2 rings (SSSR count). The maximum Gasteiger partial charge on any atom is 0.401 e. The maximum atomic E-state index is 10.3. The molecule has 0 saturated heterocycles. The molecule has 0 bridgehead atoms. The van der Waals surface area contributed by atoms with Crippen LogP contribution in [0.5, 0.6) is 0 Å². The number of nitrogens with two attached hydrogens (primary N) is 2. The van der Waals surface area contributed by atoms with E-state index in [0.29, 0.717) is 21.7 Å². The topological polar surface area (TPSA) is 92.5 Å². The summed E-state index contributed by atoms with van der Waals surface area (Å²) in [5, 5.41) is 0.993. The first-order valence-electron chi connectivity index (χ1n) is 5.17. The van der Waals surface area contributed by atoms with Gasteiger partial charge in [0.05, 0.1) is 0 Å². The zero-order chi connectivity index (χ0) is 12.5. The lowest BCUT2D eigenvalue weighted by Crippen LogP contribution is -2.59. The molecule has 0 amide bonds. The predicted molar refractivity (Wildman–Crippen MR) is 71.2 cm³/mol. The van der Waals surface area contributed by atoms with Crippen LogP contribution in [0, 0.1) is 0 Å². The fourth-order valence-electron chi connectivity index (χ4n) is 1.60. The van der Waals surface area contributed by atoms with Crippen molar-refractivity contribution >= 4 is 30.3 Å². The molecule has 2 aromatic rings. The van der Waals surface area contributed by atoms with E-state index in [1.807, 2.05) is 0 Å². The monoisotopic (exact) mass is 246 g/mol. The van der Waals surface area contributed by atoms with Crippen LogP contribution in [0.2, 0.25) is 0 Å². The Morgan fingerprint density at radius 1 is 0.647 bits per heavy atom. The minimum absolute atomic E-state index is 0.497. The van der Waals surface area contributed by atoms with Crippen molar-refractivity contribution in [3.63, 3.8) is 0 Å². The molecular weight excluding hydrogens is 232 g/mol. The van der Waals surface area contributed by atoms with Gasteiger partial charge in [0.25, 0.3) is 0 Å². The third-order valence-corrected chi connectivity index (χ3v) is 4.90. The Morgan fingerprint density at radius 2 is 0.941 bits per heavy atom. The van der Waals surface area contributed by atoms with Crippen LogP contribution >= 0.6 is 0 Å². The summed E-state index contributed by atoms with van der Waals surface area (Å²) in [7, 11) is -3.61. The first kappa shape index (κ1) is 11.7. The third-order valence-electron chi connectivity index (χ3n) is 2.63. The lowest BCUT2D eigenvalue weighted by Gasteiger charge is -2.18. The maximum absolute atomic E-state index is 10.3.